The summed E-state index contributed by atoms with van der Waals surface area (Å²) >= 11 is 0. The molecule has 0 aromatic carbocycles. The van der Waals surface area contributed by atoms with Crippen LogP contribution in [0.5, 0.6) is 0 Å². The largest absolute Gasteiger partial charge is 0.377 e. The maximum atomic E-state index is 11.5. The summed E-state index contributed by atoms with van der Waals surface area (Å²) in [5.74, 6) is 0.218. The van der Waals surface area contributed by atoms with E-state index in [0.717, 1.165) is 0 Å². The molecule has 0 spiro atoms. The summed E-state index contributed by atoms with van der Waals surface area (Å²) in [6, 6.07) is -0.261. The average molecular weight is 210 g/mol. The Hall–Kier alpha value is -1.76. The molecule has 0 aliphatic carbocycles. The van der Waals surface area contributed by atoms with Crippen molar-refractivity contribution in [3.8, 4) is 0 Å². The van der Waals surface area contributed by atoms with Gasteiger partial charge in [-0.15, -0.1) is 0 Å². The van der Waals surface area contributed by atoms with Crippen molar-refractivity contribution in [3.05, 3.63) is 5.82 Å². The molecule has 0 saturated carbocycles. The Balaban J connectivity index is 2.16. The lowest BCUT2D eigenvalue weighted by Gasteiger charge is -2.05. The topological polar surface area (TPSA) is 80.8 Å². The molecular weight excluding hydrogens is 200 g/mol. The van der Waals surface area contributed by atoms with Crippen LogP contribution in [0.4, 0.5) is 6.01 Å². The number of hydrogen-bond acceptors (Lipinski definition) is 6. The van der Waals surface area contributed by atoms with Gasteiger partial charge < -0.3 is 9.26 Å². The highest BCUT2D eigenvalue weighted by Gasteiger charge is 2.29. The lowest BCUT2D eigenvalue weighted by Crippen LogP contribution is -2.29. The molecule has 1 aliphatic rings. The minimum absolute atomic E-state index is 0.125. The molecule has 1 aromatic heterocycles. The van der Waals surface area contributed by atoms with Crippen LogP contribution >= 0.6 is 0 Å². The van der Waals surface area contributed by atoms with Crippen molar-refractivity contribution in [1.82, 2.24) is 10.1 Å². The first-order valence-corrected chi connectivity index (χ1v) is 4.40. The van der Waals surface area contributed by atoms with Gasteiger partial charge in [-0.05, 0) is 6.92 Å². The number of carbonyl (C=O) groups is 1. The Morgan fingerprint density at radius 1 is 1.67 bits per heavy atom. The van der Waals surface area contributed by atoms with Crippen LogP contribution in [-0.4, -0.2) is 35.5 Å². The van der Waals surface area contributed by atoms with Gasteiger partial charge in [0.1, 0.15) is 19.0 Å². The highest BCUT2D eigenvalue weighted by Crippen LogP contribution is 2.15. The minimum Gasteiger partial charge on any atom is -0.377 e. The van der Waals surface area contributed by atoms with E-state index in [-0.39, 0.29) is 24.6 Å². The molecular formula is C8H10N4O3. The number of anilines is 1. The molecule has 7 heteroatoms. The third-order valence-corrected chi connectivity index (χ3v) is 1.94. The maximum absolute atomic E-state index is 11.5. The molecule has 1 unspecified atom stereocenters. The quantitative estimate of drug-likeness (QED) is 0.700. The second kappa shape index (κ2) is 3.77. The van der Waals surface area contributed by atoms with Gasteiger partial charge in [0.25, 0.3) is 5.91 Å². The number of carbonyl (C=O) groups excluding carboxylic acids is 1. The van der Waals surface area contributed by atoms with Gasteiger partial charge in [0, 0.05) is 7.11 Å². The Bertz CT molecular complexity index is 400. The summed E-state index contributed by atoms with van der Waals surface area (Å²) in [4.78, 5) is 20.6. The van der Waals surface area contributed by atoms with Gasteiger partial charge in [-0.25, -0.2) is 4.90 Å². The van der Waals surface area contributed by atoms with Crippen LogP contribution in [0.2, 0.25) is 0 Å². The van der Waals surface area contributed by atoms with Crippen LogP contribution < -0.4 is 4.90 Å². The fraction of sp³-hybridized carbons (Fsp3) is 0.500. The summed E-state index contributed by atoms with van der Waals surface area (Å²) in [6.45, 7) is 1.95. The normalized spacial score (nSPS) is 20.3. The van der Waals surface area contributed by atoms with Crippen molar-refractivity contribution < 1.29 is 14.1 Å². The van der Waals surface area contributed by atoms with E-state index in [9.17, 15) is 4.79 Å². The highest BCUT2D eigenvalue weighted by atomic mass is 16.5. The second-order valence-corrected chi connectivity index (χ2v) is 3.07. The Kier molecular flexibility index (Phi) is 2.46. The van der Waals surface area contributed by atoms with Crippen LogP contribution in [0.1, 0.15) is 12.7 Å². The van der Waals surface area contributed by atoms with Crippen molar-refractivity contribution in [3.63, 3.8) is 0 Å². The predicted octanol–water partition coefficient (Wildman–Crippen LogP) is -0.0206. The van der Waals surface area contributed by atoms with E-state index in [0.29, 0.717) is 5.82 Å². The van der Waals surface area contributed by atoms with Gasteiger partial charge in [-0.3, -0.25) is 9.79 Å². The van der Waals surface area contributed by atoms with Crippen LogP contribution in [-0.2, 0) is 16.1 Å². The molecule has 0 radical (unpaired) electrons. The predicted molar refractivity (Wildman–Crippen MR) is 50.5 cm³/mol. The monoisotopic (exact) mass is 210 g/mol. The standard InChI is InChI=1S/C8H10N4O3/c1-5-7(13)12(4-9-5)8-10-6(3-14-2)11-15-8/h4-5H,3H2,1-2H3. The van der Waals surface area contributed by atoms with Gasteiger partial charge in [0.2, 0.25) is 0 Å². The number of aliphatic imine (C=N–C) groups is 1. The van der Waals surface area contributed by atoms with Gasteiger partial charge in [0.15, 0.2) is 5.82 Å². The molecule has 1 atom stereocenters. The molecule has 0 bridgehead atoms. The molecule has 0 fully saturated rings. The minimum atomic E-state index is -0.386. The summed E-state index contributed by atoms with van der Waals surface area (Å²) in [6.07, 6.45) is 1.39. The van der Waals surface area contributed by atoms with Gasteiger partial charge >= 0.3 is 6.01 Å². The van der Waals surface area contributed by atoms with Crippen molar-refractivity contribution >= 4 is 18.3 Å². The van der Waals surface area contributed by atoms with Gasteiger partial charge in [-0.1, -0.05) is 5.16 Å². The number of rotatable bonds is 3. The van der Waals surface area contributed by atoms with Crippen LogP contribution in [0.15, 0.2) is 9.52 Å². The van der Waals surface area contributed by atoms with Crippen LogP contribution in [0, 0.1) is 0 Å². The summed E-state index contributed by atoms with van der Waals surface area (Å²) in [5.41, 5.74) is 0. The van der Waals surface area contributed by atoms with E-state index in [2.05, 4.69) is 15.1 Å². The maximum Gasteiger partial charge on any atom is 0.336 e. The van der Waals surface area contributed by atoms with E-state index >= 15 is 0 Å². The van der Waals surface area contributed by atoms with E-state index in [4.69, 9.17) is 9.26 Å². The summed E-state index contributed by atoms with van der Waals surface area (Å²) < 4.78 is 9.72. The molecule has 1 aromatic rings. The molecule has 0 N–H and O–H groups in total. The molecule has 7 nitrogen and oxygen atoms in total. The van der Waals surface area contributed by atoms with E-state index in [1.807, 2.05) is 0 Å². The van der Waals surface area contributed by atoms with E-state index in [1.165, 1.54) is 18.3 Å². The smallest absolute Gasteiger partial charge is 0.336 e. The number of aromatic nitrogens is 2. The number of methoxy groups -OCH3 is 1. The number of nitrogens with zero attached hydrogens (tertiary/aromatic N) is 4. The SMILES string of the molecule is COCc1noc(N2C=NC(C)C2=O)n1. The van der Waals surface area contributed by atoms with Crippen LogP contribution in [0.25, 0.3) is 0 Å². The van der Waals surface area contributed by atoms with Crippen molar-refractivity contribution in [1.29, 1.82) is 0 Å². The lowest BCUT2D eigenvalue weighted by atomic mass is 10.3. The molecule has 2 rings (SSSR count). The summed E-state index contributed by atoms with van der Waals surface area (Å²) in [7, 11) is 1.53. The first-order chi connectivity index (χ1) is 7.22. The van der Waals surface area contributed by atoms with E-state index in [1.54, 1.807) is 6.92 Å². The van der Waals surface area contributed by atoms with Crippen molar-refractivity contribution in [2.45, 2.75) is 19.6 Å². The lowest BCUT2D eigenvalue weighted by molar-refractivity contribution is -0.118. The number of hydrogen-bond donors (Lipinski definition) is 0. The van der Waals surface area contributed by atoms with Crippen molar-refractivity contribution in [2.75, 3.05) is 12.0 Å². The molecule has 2 heterocycles. The third kappa shape index (κ3) is 1.73. The fourth-order valence-electron chi connectivity index (χ4n) is 1.16. The molecule has 80 valence electrons. The van der Waals surface area contributed by atoms with E-state index < -0.39 is 0 Å². The highest BCUT2D eigenvalue weighted by molar-refractivity contribution is 6.13. The molecule has 1 amide bonds. The first-order valence-electron chi connectivity index (χ1n) is 4.40. The van der Waals surface area contributed by atoms with Crippen molar-refractivity contribution in [2.24, 2.45) is 4.99 Å². The third-order valence-electron chi connectivity index (χ3n) is 1.94. The first kappa shape index (κ1) is 9.78. The number of ether oxygens (including phenoxy) is 1. The Labute approximate surface area is 85.7 Å². The summed E-state index contributed by atoms with van der Waals surface area (Å²) in [5, 5.41) is 3.64. The zero-order valence-corrected chi connectivity index (χ0v) is 8.38. The zero-order chi connectivity index (χ0) is 10.8. The molecule has 1 aliphatic heterocycles. The second-order valence-electron chi connectivity index (χ2n) is 3.07. The fourth-order valence-corrected chi connectivity index (χ4v) is 1.16. The Morgan fingerprint density at radius 3 is 3.07 bits per heavy atom. The van der Waals surface area contributed by atoms with Crippen LogP contribution in [0.3, 0.4) is 0 Å². The van der Waals surface area contributed by atoms with Gasteiger partial charge in [0.05, 0.1) is 0 Å². The van der Waals surface area contributed by atoms with Gasteiger partial charge in [-0.2, -0.15) is 4.98 Å². The zero-order valence-electron chi connectivity index (χ0n) is 8.38. The average Bonchev–Trinajstić information content (AvgIpc) is 2.77. The Morgan fingerprint density at radius 2 is 2.47 bits per heavy atom. The number of amides is 1. The molecule has 15 heavy (non-hydrogen) atoms. The molecule has 0 saturated heterocycles.